The van der Waals surface area contributed by atoms with Crippen LogP contribution in [-0.2, 0) is 15.6 Å². The van der Waals surface area contributed by atoms with Gasteiger partial charge in [0, 0.05) is 28.9 Å². The van der Waals surface area contributed by atoms with Gasteiger partial charge in [0.05, 0.1) is 11.7 Å². The lowest BCUT2D eigenvalue weighted by molar-refractivity contribution is -0.133. The van der Waals surface area contributed by atoms with Crippen molar-refractivity contribution in [2.45, 2.75) is 57.8 Å². The molecule has 1 aliphatic carbocycles. The molecule has 0 bridgehead atoms. The highest BCUT2D eigenvalue weighted by molar-refractivity contribution is 7.84. The molecule has 0 aromatic rings. The summed E-state index contributed by atoms with van der Waals surface area (Å²) < 4.78 is 11.2. The molecule has 2 aliphatic rings. The largest absolute Gasteiger partial charge is 0.323 e. The average Bonchev–Trinajstić information content (AvgIpc) is 2.99. The maximum Gasteiger partial charge on any atom is 0.244 e. The zero-order valence-electron chi connectivity index (χ0n) is 11.7. The van der Waals surface area contributed by atoms with Crippen molar-refractivity contribution in [3.8, 4) is 0 Å². The van der Waals surface area contributed by atoms with Crippen molar-refractivity contribution in [2.75, 3.05) is 12.0 Å². The smallest absolute Gasteiger partial charge is 0.244 e. The van der Waals surface area contributed by atoms with Gasteiger partial charge in [-0.05, 0) is 32.1 Å². The molecule has 1 saturated carbocycles. The van der Waals surface area contributed by atoms with Crippen LogP contribution in [0.25, 0.3) is 0 Å². The average molecular weight is 272 g/mol. The van der Waals surface area contributed by atoms with E-state index in [0.29, 0.717) is 11.7 Å². The summed E-state index contributed by atoms with van der Waals surface area (Å²) in [4.78, 5) is 14.5. The molecule has 1 aliphatic heterocycles. The quantitative estimate of drug-likeness (QED) is 0.815. The van der Waals surface area contributed by atoms with Gasteiger partial charge in [0.2, 0.25) is 5.91 Å². The number of nitrogens with one attached hydrogen (secondary N) is 1. The predicted molar refractivity (Wildman–Crippen MR) is 73.6 cm³/mol. The number of rotatable bonds is 5. The van der Waals surface area contributed by atoms with Crippen molar-refractivity contribution in [1.29, 1.82) is 0 Å². The van der Waals surface area contributed by atoms with Gasteiger partial charge in [-0.25, -0.2) is 0 Å². The number of carbonyl (C=O) groups excluding carboxylic acids is 1. The third-order valence-electron chi connectivity index (χ3n) is 4.05. The van der Waals surface area contributed by atoms with Crippen molar-refractivity contribution in [1.82, 2.24) is 10.2 Å². The fourth-order valence-electron chi connectivity index (χ4n) is 2.71. The van der Waals surface area contributed by atoms with Crippen LogP contribution in [0.15, 0.2) is 0 Å². The minimum absolute atomic E-state index is 0.139. The van der Waals surface area contributed by atoms with Gasteiger partial charge in [0.1, 0.15) is 0 Å². The number of carbonyl (C=O) groups is 1. The van der Waals surface area contributed by atoms with Crippen LogP contribution in [0.1, 0.15) is 40.0 Å². The first-order chi connectivity index (χ1) is 8.37. The van der Waals surface area contributed by atoms with E-state index in [0.717, 1.165) is 19.3 Å². The summed E-state index contributed by atoms with van der Waals surface area (Å²) >= 11 is 0. The van der Waals surface area contributed by atoms with E-state index in [1.165, 1.54) is 0 Å². The van der Waals surface area contributed by atoms with Crippen molar-refractivity contribution >= 4 is 16.7 Å². The van der Waals surface area contributed by atoms with E-state index < -0.39 is 10.8 Å². The van der Waals surface area contributed by atoms with Crippen LogP contribution in [0, 0.1) is 5.92 Å². The fraction of sp³-hybridized carbons (Fsp3) is 0.923. The molecule has 1 spiro atoms. The SMILES string of the molecule is CC(C)C1NC2(CC2)C(=O)N1C(C)CCS(C)=O. The van der Waals surface area contributed by atoms with Crippen LogP contribution in [0.3, 0.4) is 0 Å². The maximum atomic E-state index is 12.5. The molecule has 2 rings (SSSR count). The Bertz CT molecular complexity index is 366. The number of nitrogens with zero attached hydrogens (tertiary/aromatic N) is 1. The fourth-order valence-corrected chi connectivity index (χ4v) is 3.38. The molecule has 1 N–H and O–H groups in total. The zero-order chi connectivity index (χ0) is 13.5. The van der Waals surface area contributed by atoms with Gasteiger partial charge < -0.3 is 4.90 Å². The summed E-state index contributed by atoms with van der Waals surface area (Å²) in [6, 6.07) is 0.168. The van der Waals surface area contributed by atoms with Crippen LogP contribution >= 0.6 is 0 Å². The third-order valence-corrected chi connectivity index (χ3v) is 4.86. The van der Waals surface area contributed by atoms with Gasteiger partial charge in [-0.1, -0.05) is 13.8 Å². The van der Waals surface area contributed by atoms with E-state index in [1.54, 1.807) is 6.26 Å². The highest BCUT2D eigenvalue weighted by Gasteiger charge is 2.60. The van der Waals surface area contributed by atoms with Crippen molar-refractivity contribution in [2.24, 2.45) is 5.92 Å². The Kier molecular flexibility index (Phi) is 3.83. The Labute approximate surface area is 112 Å². The van der Waals surface area contributed by atoms with E-state index in [2.05, 4.69) is 26.1 Å². The first kappa shape index (κ1) is 14.0. The molecule has 5 heteroatoms. The van der Waals surface area contributed by atoms with E-state index in [-0.39, 0.29) is 23.7 Å². The number of hydrogen-bond acceptors (Lipinski definition) is 3. The molecule has 0 radical (unpaired) electrons. The van der Waals surface area contributed by atoms with Gasteiger partial charge in [0.25, 0.3) is 0 Å². The summed E-state index contributed by atoms with van der Waals surface area (Å²) in [6.07, 6.45) is 4.62. The predicted octanol–water partition coefficient (Wildman–Crippen LogP) is 1.09. The Morgan fingerprint density at radius 1 is 1.44 bits per heavy atom. The first-order valence-corrected chi connectivity index (χ1v) is 8.50. The van der Waals surface area contributed by atoms with E-state index in [4.69, 9.17) is 0 Å². The van der Waals surface area contributed by atoms with Crippen molar-refractivity contribution < 1.29 is 9.00 Å². The second-order valence-electron chi connectivity index (χ2n) is 6.04. The van der Waals surface area contributed by atoms with E-state index >= 15 is 0 Å². The summed E-state index contributed by atoms with van der Waals surface area (Å²) in [5.41, 5.74) is -0.242. The maximum absolute atomic E-state index is 12.5. The van der Waals surface area contributed by atoms with Crippen LogP contribution in [0.2, 0.25) is 0 Å². The second-order valence-corrected chi connectivity index (χ2v) is 7.60. The lowest BCUT2D eigenvalue weighted by Crippen LogP contribution is -2.46. The minimum Gasteiger partial charge on any atom is -0.323 e. The van der Waals surface area contributed by atoms with Gasteiger partial charge in [-0.15, -0.1) is 0 Å². The zero-order valence-corrected chi connectivity index (χ0v) is 12.5. The molecule has 1 saturated heterocycles. The Hall–Kier alpha value is -0.420. The van der Waals surface area contributed by atoms with Crippen LogP contribution in [0.4, 0.5) is 0 Å². The number of amides is 1. The minimum atomic E-state index is -0.781. The molecule has 4 nitrogen and oxygen atoms in total. The molecule has 1 heterocycles. The highest BCUT2D eigenvalue weighted by atomic mass is 32.2. The molecule has 104 valence electrons. The van der Waals surface area contributed by atoms with Crippen LogP contribution in [0.5, 0.6) is 0 Å². The van der Waals surface area contributed by atoms with Crippen molar-refractivity contribution in [3.63, 3.8) is 0 Å². The topological polar surface area (TPSA) is 49.4 Å². The number of hydrogen-bond donors (Lipinski definition) is 1. The lowest BCUT2D eigenvalue weighted by atomic mass is 10.1. The lowest BCUT2D eigenvalue weighted by Gasteiger charge is -2.32. The molecule has 0 aromatic carbocycles. The van der Waals surface area contributed by atoms with Gasteiger partial charge in [0.15, 0.2) is 0 Å². The molecular formula is C13H24N2O2S. The third kappa shape index (κ3) is 2.48. The summed E-state index contributed by atoms with van der Waals surface area (Å²) in [5, 5.41) is 3.51. The van der Waals surface area contributed by atoms with Gasteiger partial charge in [-0.2, -0.15) is 0 Å². The summed E-state index contributed by atoms with van der Waals surface area (Å²) in [5.74, 6) is 1.34. The van der Waals surface area contributed by atoms with Crippen LogP contribution < -0.4 is 5.32 Å². The normalized spacial score (nSPS) is 29.1. The molecule has 0 aromatic heterocycles. The molecular weight excluding hydrogens is 248 g/mol. The molecule has 3 atom stereocenters. The molecule has 1 amide bonds. The summed E-state index contributed by atoms with van der Waals surface area (Å²) in [7, 11) is -0.781. The summed E-state index contributed by atoms with van der Waals surface area (Å²) in [6.45, 7) is 6.36. The standard InChI is InChI=1S/C13H24N2O2S/c1-9(2)11-14-13(6-7-13)12(16)15(11)10(3)5-8-18(4)17/h9-11,14H,5-8H2,1-4H3. The van der Waals surface area contributed by atoms with Crippen molar-refractivity contribution in [3.05, 3.63) is 0 Å². The Morgan fingerprint density at radius 2 is 2.06 bits per heavy atom. The second kappa shape index (κ2) is 4.93. The molecule has 3 unspecified atom stereocenters. The van der Waals surface area contributed by atoms with Gasteiger partial charge >= 0.3 is 0 Å². The Balaban J connectivity index is 2.07. The first-order valence-electron chi connectivity index (χ1n) is 6.78. The van der Waals surface area contributed by atoms with E-state index in [9.17, 15) is 9.00 Å². The van der Waals surface area contributed by atoms with Crippen LogP contribution in [-0.4, -0.2) is 44.8 Å². The van der Waals surface area contributed by atoms with Gasteiger partial charge in [-0.3, -0.25) is 14.3 Å². The molecule has 18 heavy (non-hydrogen) atoms. The monoisotopic (exact) mass is 272 g/mol. The molecule has 2 fully saturated rings. The van der Waals surface area contributed by atoms with E-state index in [1.807, 2.05) is 4.90 Å². The Morgan fingerprint density at radius 3 is 2.50 bits per heavy atom. The highest BCUT2D eigenvalue weighted by Crippen LogP contribution is 2.44.